The number of carbonyl (C=O) groups is 2. The molecule has 2 unspecified atom stereocenters. The number of rotatable bonds is 16. The first-order valence-corrected chi connectivity index (χ1v) is 19.3. The van der Waals surface area contributed by atoms with E-state index in [2.05, 4.69) is 20.5 Å². The highest BCUT2D eigenvalue weighted by Crippen LogP contribution is 2.31. The van der Waals surface area contributed by atoms with E-state index in [0.29, 0.717) is 54.4 Å². The number of furan rings is 1. The minimum absolute atomic E-state index is 0.0617. The largest absolute Gasteiger partial charge is 0.506 e. The number of nitrogens with one attached hydrogen (secondary N) is 3. The summed E-state index contributed by atoms with van der Waals surface area (Å²) in [5.41, 5.74) is 2.29. The van der Waals surface area contributed by atoms with E-state index in [0.717, 1.165) is 43.6 Å². The monoisotopic (exact) mass is 763 g/mol. The lowest BCUT2D eigenvalue weighted by Crippen LogP contribution is -2.52. The SMILES string of the molecule is CCN(CCCNCC(O)c1ccc(O)c2[nH]c(=O)ccc12)C(=O)c1ccc(COc2cccc([C@@H](NC(=O)OC3CN4CCC3CC4)c3ccccc3)c2)o1. The molecule has 5 heterocycles. The van der Waals surface area contributed by atoms with Crippen LogP contribution in [0.5, 0.6) is 11.5 Å². The zero-order chi connectivity index (χ0) is 39.0. The van der Waals surface area contributed by atoms with Gasteiger partial charge in [-0.2, -0.15) is 0 Å². The fraction of sp³-hybridized carbons (Fsp3) is 0.372. The number of amides is 2. The van der Waals surface area contributed by atoms with Crippen molar-refractivity contribution in [2.75, 3.05) is 45.8 Å². The van der Waals surface area contributed by atoms with Gasteiger partial charge in [0.25, 0.3) is 5.91 Å². The third-order valence-electron chi connectivity index (χ3n) is 10.7. The number of phenols is 1. The van der Waals surface area contributed by atoms with Gasteiger partial charge in [-0.15, -0.1) is 0 Å². The number of pyridine rings is 1. The van der Waals surface area contributed by atoms with Crippen LogP contribution in [0.4, 0.5) is 4.79 Å². The maximum atomic E-state index is 13.3. The van der Waals surface area contributed by atoms with Gasteiger partial charge in [-0.25, -0.2) is 4.79 Å². The number of aliphatic hydroxyl groups is 1. The van der Waals surface area contributed by atoms with E-state index >= 15 is 0 Å². The minimum atomic E-state index is -0.871. The molecule has 3 aromatic carbocycles. The van der Waals surface area contributed by atoms with Gasteiger partial charge in [0.15, 0.2) is 5.76 Å². The summed E-state index contributed by atoms with van der Waals surface area (Å²) in [6.45, 7) is 6.70. The van der Waals surface area contributed by atoms with E-state index in [9.17, 15) is 24.6 Å². The van der Waals surface area contributed by atoms with Crippen LogP contribution in [-0.4, -0.2) is 88.9 Å². The summed E-state index contributed by atoms with van der Waals surface area (Å²) in [5.74, 6) is 1.41. The van der Waals surface area contributed by atoms with E-state index in [4.69, 9.17) is 13.9 Å². The molecule has 0 spiro atoms. The Bertz CT molecular complexity index is 2160. The fourth-order valence-electron chi connectivity index (χ4n) is 7.70. The molecule has 13 heteroatoms. The first-order valence-electron chi connectivity index (χ1n) is 19.3. The zero-order valence-corrected chi connectivity index (χ0v) is 31.5. The van der Waals surface area contributed by atoms with Crippen LogP contribution in [0.3, 0.4) is 0 Å². The maximum absolute atomic E-state index is 13.3. The first kappa shape index (κ1) is 38.6. The lowest BCUT2D eigenvalue weighted by molar-refractivity contribution is -0.0336. The summed E-state index contributed by atoms with van der Waals surface area (Å²) >= 11 is 0. The number of benzene rings is 3. The number of nitrogens with zero attached hydrogens (tertiary/aromatic N) is 2. The van der Waals surface area contributed by atoms with Gasteiger partial charge in [0.05, 0.1) is 17.7 Å². The van der Waals surface area contributed by atoms with Gasteiger partial charge in [-0.3, -0.25) is 14.5 Å². The number of alkyl carbamates (subject to hydrolysis) is 1. The normalized spacial score (nSPS) is 18.6. The smallest absolute Gasteiger partial charge is 0.408 e. The third kappa shape index (κ3) is 9.24. The van der Waals surface area contributed by atoms with Crippen LogP contribution in [-0.2, 0) is 11.3 Å². The molecule has 0 saturated carbocycles. The molecule has 3 atom stereocenters. The van der Waals surface area contributed by atoms with Crippen molar-refractivity contribution in [3.63, 3.8) is 0 Å². The molecule has 3 fully saturated rings. The van der Waals surface area contributed by atoms with Gasteiger partial charge in [0.1, 0.15) is 30.0 Å². The van der Waals surface area contributed by atoms with E-state index in [1.54, 1.807) is 29.2 Å². The predicted octanol–water partition coefficient (Wildman–Crippen LogP) is 5.49. The van der Waals surface area contributed by atoms with Crippen molar-refractivity contribution < 1.29 is 33.7 Å². The molecule has 2 bridgehead atoms. The molecule has 0 radical (unpaired) electrons. The highest BCUT2D eigenvalue weighted by molar-refractivity contribution is 5.91. The number of ether oxygens (including phenoxy) is 2. The summed E-state index contributed by atoms with van der Waals surface area (Å²) in [7, 11) is 0. The number of aromatic amines is 1. The second-order valence-corrected chi connectivity index (χ2v) is 14.4. The van der Waals surface area contributed by atoms with Gasteiger partial charge in [0.2, 0.25) is 5.56 Å². The highest BCUT2D eigenvalue weighted by atomic mass is 16.6. The van der Waals surface area contributed by atoms with Crippen molar-refractivity contribution in [3.05, 3.63) is 130 Å². The summed E-state index contributed by atoms with van der Waals surface area (Å²) in [4.78, 5) is 45.0. The van der Waals surface area contributed by atoms with Crippen molar-refractivity contribution in [1.82, 2.24) is 25.4 Å². The molecule has 3 aliphatic rings. The van der Waals surface area contributed by atoms with Gasteiger partial charge < -0.3 is 44.6 Å². The molecule has 2 aromatic heterocycles. The average Bonchev–Trinajstić information content (AvgIpc) is 3.71. The molecule has 3 aliphatic heterocycles. The summed E-state index contributed by atoms with van der Waals surface area (Å²) in [6, 6.07) is 26.3. The minimum Gasteiger partial charge on any atom is -0.506 e. The highest BCUT2D eigenvalue weighted by Gasteiger charge is 2.37. The Hall–Kier alpha value is -5.63. The Balaban J connectivity index is 0.901. The maximum Gasteiger partial charge on any atom is 0.408 e. The number of carbonyl (C=O) groups excluding carboxylic acids is 2. The molecular formula is C43H49N5O8. The second kappa shape index (κ2) is 17.9. The Morgan fingerprint density at radius 1 is 1.00 bits per heavy atom. The Kier molecular flexibility index (Phi) is 12.3. The van der Waals surface area contributed by atoms with E-state index < -0.39 is 18.2 Å². The standard InChI is InChI=1S/C43H49N5O8/c1-2-48(21-7-20-44-25-36(50)33-13-15-35(49)41-34(33)14-17-39(51)45-41)42(52)37-16-12-32(55-37)27-54-31-11-6-10-30(24-31)40(29-8-4-3-5-9-29)46-43(53)56-38-26-47-22-18-28(38)19-23-47/h3-6,8-17,24,28,36,38,40,44,49-50H,2,7,18-23,25-27H2,1H3,(H,45,51)(H,46,53)/t36?,38?,40-/m0/s1. The van der Waals surface area contributed by atoms with E-state index in [1.807, 2.05) is 61.5 Å². The first-order chi connectivity index (χ1) is 27.2. The molecule has 13 nitrogen and oxygen atoms in total. The summed E-state index contributed by atoms with van der Waals surface area (Å²) in [5, 5.41) is 27.9. The Labute approximate surface area is 325 Å². The van der Waals surface area contributed by atoms with Gasteiger partial charge in [0, 0.05) is 37.6 Å². The Morgan fingerprint density at radius 2 is 1.80 bits per heavy atom. The molecule has 0 aliphatic carbocycles. The van der Waals surface area contributed by atoms with Crippen LogP contribution in [0.1, 0.15) is 71.3 Å². The molecule has 5 aromatic rings. The average molecular weight is 764 g/mol. The molecule has 56 heavy (non-hydrogen) atoms. The van der Waals surface area contributed by atoms with Crippen LogP contribution in [0.15, 0.2) is 100 Å². The van der Waals surface area contributed by atoms with Crippen LogP contribution < -0.4 is 20.9 Å². The van der Waals surface area contributed by atoms with Crippen LogP contribution >= 0.6 is 0 Å². The molecule has 3 saturated heterocycles. The lowest BCUT2D eigenvalue weighted by atomic mass is 9.86. The topological polar surface area (TPSA) is 170 Å². The van der Waals surface area contributed by atoms with E-state index in [-0.39, 0.29) is 47.7 Å². The van der Waals surface area contributed by atoms with Crippen molar-refractivity contribution in [1.29, 1.82) is 0 Å². The van der Waals surface area contributed by atoms with Crippen LogP contribution in [0.25, 0.3) is 10.9 Å². The summed E-state index contributed by atoms with van der Waals surface area (Å²) in [6.07, 6.45) is 1.34. The number of hydrogen-bond donors (Lipinski definition) is 5. The van der Waals surface area contributed by atoms with Crippen molar-refractivity contribution in [3.8, 4) is 11.5 Å². The van der Waals surface area contributed by atoms with Gasteiger partial charge in [-0.05, 0) is 105 Å². The summed E-state index contributed by atoms with van der Waals surface area (Å²) < 4.78 is 18.0. The predicted molar refractivity (Wildman–Crippen MR) is 211 cm³/mol. The van der Waals surface area contributed by atoms with Crippen molar-refractivity contribution in [2.45, 2.75) is 51.0 Å². The lowest BCUT2D eigenvalue weighted by Gasteiger charge is -2.43. The Morgan fingerprint density at radius 3 is 2.57 bits per heavy atom. The third-order valence-corrected chi connectivity index (χ3v) is 10.7. The van der Waals surface area contributed by atoms with Gasteiger partial charge in [-0.1, -0.05) is 48.5 Å². The number of aliphatic hydroxyl groups excluding tert-OH is 1. The molecule has 294 valence electrons. The fourth-order valence-corrected chi connectivity index (χ4v) is 7.70. The molecule has 8 rings (SSSR count). The van der Waals surface area contributed by atoms with Crippen molar-refractivity contribution in [2.24, 2.45) is 5.92 Å². The zero-order valence-electron chi connectivity index (χ0n) is 31.5. The van der Waals surface area contributed by atoms with Crippen LogP contribution in [0, 0.1) is 5.92 Å². The number of phenolic OH excluding ortho intramolecular Hbond substituents is 1. The van der Waals surface area contributed by atoms with Crippen LogP contribution in [0.2, 0.25) is 0 Å². The van der Waals surface area contributed by atoms with Crippen molar-refractivity contribution >= 4 is 22.9 Å². The number of aromatic nitrogens is 1. The number of hydrogen-bond acceptors (Lipinski definition) is 10. The molecular weight excluding hydrogens is 714 g/mol. The quantitative estimate of drug-likeness (QED) is 0.0811. The molecule has 5 N–H and O–H groups in total. The van der Waals surface area contributed by atoms with E-state index in [1.165, 1.54) is 12.1 Å². The number of aromatic hydroxyl groups is 1. The number of piperidine rings is 3. The second-order valence-electron chi connectivity index (χ2n) is 14.4. The number of H-pyrrole nitrogens is 1. The number of fused-ring (bicyclic) bond motifs is 4. The van der Waals surface area contributed by atoms with Gasteiger partial charge >= 0.3 is 6.09 Å². The molecule has 2 amide bonds.